The summed E-state index contributed by atoms with van der Waals surface area (Å²) in [7, 11) is -0.390. The Bertz CT molecular complexity index is 1610. The van der Waals surface area contributed by atoms with E-state index in [4.69, 9.17) is 23.8 Å². The zero-order valence-corrected chi connectivity index (χ0v) is 25.4. The Hall–Kier alpha value is -3.84. The highest BCUT2D eigenvalue weighted by molar-refractivity contribution is 6.63. The Morgan fingerprint density at radius 3 is 2.57 bits per heavy atom. The van der Waals surface area contributed by atoms with Gasteiger partial charge in [0, 0.05) is 23.9 Å². The van der Waals surface area contributed by atoms with E-state index in [1.165, 1.54) is 0 Å². The van der Waals surface area contributed by atoms with Crippen molar-refractivity contribution in [1.29, 1.82) is 0 Å². The second kappa shape index (κ2) is 11.6. The Balaban J connectivity index is 1.22. The second-order valence-corrected chi connectivity index (χ2v) is 12.4. The minimum absolute atomic E-state index is 0.0453. The highest BCUT2D eigenvalue weighted by Crippen LogP contribution is 2.42. The van der Waals surface area contributed by atoms with Crippen molar-refractivity contribution in [2.45, 2.75) is 57.1 Å². The zero-order valence-electron chi connectivity index (χ0n) is 25.4. The van der Waals surface area contributed by atoms with E-state index >= 15 is 0 Å². The first-order valence-electron chi connectivity index (χ1n) is 15.4. The maximum Gasteiger partial charge on any atom is 0.494 e. The van der Waals surface area contributed by atoms with Gasteiger partial charge in [0.05, 0.1) is 18.2 Å². The van der Waals surface area contributed by atoms with Gasteiger partial charge in [0.15, 0.2) is 5.82 Å². The van der Waals surface area contributed by atoms with Crippen LogP contribution < -0.4 is 16.1 Å². The lowest BCUT2D eigenvalue weighted by atomic mass is 9.71. The minimum atomic E-state index is -0.502. The molecule has 3 fully saturated rings. The molecule has 0 radical (unpaired) electrons. The average Bonchev–Trinajstić information content (AvgIpc) is 3.65. The number of fused-ring (bicyclic) bond motifs is 4. The van der Waals surface area contributed by atoms with E-state index in [9.17, 15) is 5.11 Å². The summed E-state index contributed by atoms with van der Waals surface area (Å²) < 4.78 is 17.9. The molecule has 1 atom stereocenters. The molecule has 11 nitrogen and oxygen atoms in total. The maximum absolute atomic E-state index is 10.4. The van der Waals surface area contributed by atoms with Crippen LogP contribution in [0.1, 0.15) is 63.0 Å². The summed E-state index contributed by atoms with van der Waals surface area (Å²) in [5, 5.41) is 21.6. The van der Waals surface area contributed by atoms with Gasteiger partial charge in [-0.1, -0.05) is 41.6 Å². The maximum atomic E-state index is 10.4. The summed E-state index contributed by atoms with van der Waals surface area (Å²) >= 11 is 0. The number of anilines is 3. The molecule has 4 aliphatic rings. The molecule has 3 N–H and O–H groups in total. The molecule has 4 aromatic rings. The number of benzene rings is 2. The van der Waals surface area contributed by atoms with Gasteiger partial charge in [-0.25, -0.2) is 4.98 Å². The molecular weight excluding hydrogens is 557 g/mol. The number of hydrogen-bond acceptors (Lipinski definition) is 11. The van der Waals surface area contributed by atoms with Crippen LogP contribution in [-0.4, -0.2) is 70.1 Å². The number of hydrogen-bond donors (Lipinski definition) is 3. The molecule has 0 saturated carbocycles. The lowest BCUT2D eigenvalue weighted by Gasteiger charge is -2.46. The van der Waals surface area contributed by atoms with Crippen molar-refractivity contribution >= 4 is 30.0 Å². The van der Waals surface area contributed by atoms with E-state index in [-0.39, 0.29) is 12.0 Å². The summed E-state index contributed by atoms with van der Waals surface area (Å²) in [4.78, 5) is 16.9. The zero-order chi connectivity index (χ0) is 30.3. The molecule has 228 valence electrons. The fraction of sp³-hybridized carbons (Fsp3) is 0.438. The van der Waals surface area contributed by atoms with E-state index in [2.05, 4.69) is 31.7 Å². The van der Waals surface area contributed by atoms with Crippen LogP contribution in [0.15, 0.2) is 59.3 Å². The monoisotopic (exact) mass is 595 g/mol. The van der Waals surface area contributed by atoms with Gasteiger partial charge in [-0.2, -0.15) is 9.97 Å². The Kier molecular flexibility index (Phi) is 7.61. The standard InChI is InChI=1S/C32H38BN7O4/c1-4-42-33-25-11-10-22(18-24(25)31(2,3)44-33)35-30-34-19-23(27(37-30)36-26(20-41)21-8-6-5-7-9-21)28-38-29(39-43-28)32-12-15-40(16-13-32)17-14-32/h5-11,18-19,26,41H,4,12-17,20H2,1-3H3,(H2,34,35,36,37)/t26-/m1/s1. The van der Waals surface area contributed by atoms with E-state index in [0.717, 1.165) is 67.0 Å². The largest absolute Gasteiger partial charge is 0.494 e. The molecule has 2 bridgehead atoms. The molecule has 0 unspecified atom stereocenters. The Morgan fingerprint density at radius 1 is 1.07 bits per heavy atom. The van der Waals surface area contributed by atoms with Gasteiger partial charge < -0.3 is 34.5 Å². The van der Waals surface area contributed by atoms with Gasteiger partial charge in [0.1, 0.15) is 11.4 Å². The van der Waals surface area contributed by atoms with Crippen molar-refractivity contribution < 1.29 is 18.9 Å². The topological polar surface area (TPSA) is 131 Å². The van der Waals surface area contributed by atoms with Crippen LogP contribution in [-0.2, 0) is 20.3 Å². The summed E-state index contributed by atoms with van der Waals surface area (Å²) in [5.41, 5.74) is 3.85. The first-order chi connectivity index (χ1) is 21.4. The highest BCUT2D eigenvalue weighted by Gasteiger charge is 2.44. The third-order valence-electron chi connectivity index (χ3n) is 9.27. The van der Waals surface area contributed by atoms with Crippen LogP contribution in [0.4, 0.5) is 17.5 Å². The van der Waals surface area contributed by atoms with Gasteiger partial charge in [0.25, 0.3) is 5.89 Å². The van der Waals surface area contributed by atoms with Crippen LogP contribution in [0, 0.1) is 0 Å². The van der Waals surface area contributed by atoms with Gasteiger partial charge in [-0.3, -0.25) is 0 Å². The quantitative estimate of drug-likeness (QED) is 0.229. The van der Waals surface area contributed by atoms with Crippen molar-refractivity contribution in [1.82, 2.24) is 25.0 Å². The van der Waals surface area contributed by atoms with Crippen molar-refractivity contribution in [2.75, 3.05) is 43.5 Å². The van der Waals surface area contributed by atoms with Crippen molar-refractivity contribution in [3.63, 3.8) is 0 Å². The number of aliphatic hydroxyl groups excluding tert-OH is 1. The minimum Gasteiger partial charge on any atom is -0.408 e. The summed E-state index contributed by atoms with van der Waals surface area (Å²) in [6, 6.07) is 15.4. The number of aliphatic hydroxyl groups is 1. The van der Waals surface area contributed by atoms with Crippen molar-refractivity contribution in [2.24, 2.45) is 0 Å². The molecule has 2 aromatic heterocycles. The molecule has 8 rings (SSSR count). The van der Waals surface area contributed by atoms with Crippen LogP contribution in [0.25, 0.3) is 11.5 Å². The third-order valence-corrected chi connectivity index (χ3v) is 9.27. The van der Waals surface area contributed by atoms with E-state index in [1.54, 1.807) is 6.20 Å². The normalized spacial score (nSPS) is 22.5. The lowest BCUT2D eigenvalue weighted by molar-refractivity contribution is 0.0747. The van der Waals surface area contributed by atoms with Gasteiger partial charge >= 0.3 is 7.12 Å². The smallest absolute Gasteiger partial charge is 0.408 e. The molecular formula is C32H38BN7O4. The predicted molar refractivity (Wildman–Crippen MR) is 168 cm³/mol. The number of nitrogens with one attached hydrogen (secondary N) is 2. The first kappa shape index (κ1) is 28.9. The fourth-order valence-corrected chi connectivity index (χ4v) is 6.66. The van der Waals surface area contributed by atoms with Gasteiger partial charge in [-0.15, -0.1) is 0 Å². The highest BCUT2D eigenvalue weighted by atomic mass is 16.6. The first-order valence-corrected chi connectivity index (χ1v) is 15.4. The molecule has 2 aromatic carbocycles. The Labute approximate surface area is 257 Å². The fourth-order valence-electron chi connectivity index (χ4n) is 6.66. The summed E-state index contributed by atoms with van der Waals surface area (Å²) in [6.45, 7) is 9.66. The molecule has 12 heteroatoms. The number of aromatic nitrogens is 4. The Morgan fingerprint density at radius 2 is 1.84 bits per heavy atom. The van der Waals surface area contributed by atoms with E-state index in [1.807, 2.05) is 63.2 Å². The SMILES string of the molecule is CCOB1OC(C)(C)c2cc(Nc3ncc(-c4nc(C56CCN(CC5)CC6)no4)c(N[C@H](CO)c4ccccc4)n3)ccc21. The summed E-state index contributed by atoms with van der Waals surface area (Å²) in [6.07, 6.45) is 4.79. The average molecular weight is 596 g/mol. The van der Waals surface area contributed by atoms with Crippen LogP contribution >= 0.6 is 0 Å². The lowest BCUT2D eigenvalue weighted by Crippen LogP contribution is -2.51. The number of piperidine rings is 3. The van der Waals surface area contributed by atoms with Crippen molar-refractivity contribution in [3.05, 3.63) is 71.7 Å². The molecule has 3 saturated heterocycles. The van der Waals surface area contributed by atoms with Crippen LogP contribution in [0.5, 0.6) is 0 Å². The summed E-state index contributed by atoms with van der Waals surface area (Å²) in [5.74, 6) is 1.99. The number of rotatable bonds is 10. The molecule has 6 heterocycles. The van der Waals surface area contributed by atoms with Crippen LogP contribution in [0.2, 0.25) is 0 Å². The molecule has 4 aliphatic heterocycles. The molecule has 44 heavy (non-hydrogen) atoms. The predicted octanol–water partition coefficient (Wildman–Crippen LogP) is 4.15. The number of nitrogens with zero attached hydrogens (tertiary/aromatic N) is 5. The van der Waals surface area contributed by atoms with Gasteiger partial charge in [0.2, 0.25) is 5.95 Å². The molecule has 0 spiro atoms. The second-order valence-electron chi connectivity index (χ2n) is 12.4. The third kappa shape index (κ3) is 5.36. The van der Waals surface area contributed by atoms with Gasteiger partial charge in [-0.05, 0) is 88.4 Å². The van der Waals surface area contributed by atoms with Crippen molar-refractivity contribution in [3.8, 4) is 11.5 Å². The molecule has 0 aliphatic carbocycles. The van der Waals surface area contributed by atoms with Crippen LogP contribution in [0.3, 0.4) is 0 Å². The van der Waals surface area contributed by atoms with E-state index in [0.29, 0.717) is 29.8 Å². The van der Waals surface area contributed by atoms with E-state index < -0.39 is 18.8 Å². The molecule has 0 amide bonds.